The molecule has 5 heteroatoms. The smallest absolute Gasteiger partial charge is 0.238 e. The number of rotatable bonds is 5. The van der Waals surface area contributed by atoms with Gasteiger partial charge in [0.05, 0.1) is 12.2 Å². The van der Waals surface area contributed by atoms with Crippen LogP contribution in [0.2, 0.25) is 0 Å². The van der Waals surface area contributed by atoms with E-state index in [1.165, 1.54) is 6.07 Å². The average Bonchev–Trinajstić information content (AvgIpc) is 2.50. The van der Waals surface area contributed by atoms with Gasteiger partial charge in [-0.2, -0.15) is 0 Å². The van der Waals surface area contributed by atoms with Crippen molar-refractivity contribution >= 4 is 17.3 Å². The Hall–Kier alpha value is -2.40. The molecule has 3 N–H and O–H groups in total. The molecule has 0 aliphatic carbocycles. The van der Waals surface area contributed by atoms with Gasteiger partial charge >= 0.3 is 0 Å². The lowest BCUT2D eigenvalue weighted by atomic mass is 10.2. The molecule has 0 bridgehead atoms. The second-order valence-electron chi connectivity index (χ2n) is 4.76. The highest BCUT2D eigenvalue weighted by atomic mass is 19.1. The Morgan fingerprint density at radius 3 is 2.57 bits per heavy atom. The molecule has 0 aliphatic rings. The highest BCUT2D eigenvalue weighted by Crippen LogP contribution is 2.22. The van der Waals surface area contributed by atoms with Gasteiger partial charge in [-0.05, 0) is 23.8 Å². The van der Waals surface area contributed by atoms with E-state index in [0.29, 0.717) is 6.54 Å². The van der Waals surface area contributed by atoms with Crippen LogP contribution in [0.3, 0.4) is 0 Å². The lowest BCUT2D eigenvalue weighted by Crippen LogP contribution is -2.22. The minimum absolute atomic E-state index is 0.141. The molecule has 0 aromatic heterocycles. The highest BCUT2D eigenvalue weighted by Gasteiger charge is 2.09. The summed E-state index contributed by atoms with van der Waals surface area (Å²) in [7, 11) is 1.89. The third-order valence-corrected chi connectivity index (χ3v) is 3.12. The topological polar surface area (TPSA) is 58.4 Å². The number of nitrogens with one attached hydrogen (secondary N) is 1. The summed E-state index contributed by atoms with van der Waals surface area (Å²) >= 11 is 0. The molecule has 0 aliphatic heterocycles. The van der Waals surface area contributed by atoms with Crippen molar-refractivity contribution in [2.75, 3.05) is 23.8 Å². The van der Waals surface area contributed by atoms with Gasteiger partial charge in [-0.25, -0.2) is 4.39 Å². The van der Waals surface area contributed by atoms with Crippen molar-refractivity contribution in [1.82, 2.24) is 0 Å². The van der Waals surface area contributed by atoms with Gasteiger partial charge in [0.25, 0.3) is 0 Å². The molecule has 0 spiro atoms. The van der Waals surface area contributed by atoms with Gasteiger partial charge in [-0.3, -0.25) is 4.79 Å². The van der Waals surface area contributed by atoms with Crippen LogP contribution in [0.1, 0.15) is 5.56 Å². The summed E-state index contributed by atoms with van der Waals surface area (Å²) in [5.41, 5.74) is 7.21. The first-order chi connectivity index (χ1) is 10.1. The van der Waals surface area contributed by atoms with E-state index in [1.807, 2.05) is 42.3 Å². The summed E-state index contributed by atoms with van der Waals surface area (Å²) in [6.45, 7) is 0.504. The number of nitrogens with zero attached hydrogens (tertiary/aromatic N) is 1. The van der Waals surface area contributed by atoms with Gasteiger partial charge in [0, 0.05) is 19.3 Å². The SMILES string of the molecule is CN(Cc1ccccc1)c1ccc(NC(=O)CN)c(F)c1. The quantitative estimate of drug-likeness (QED) is 0.887. The number of amides is 1. The van der Waals surface area contributed by atoms with Crippen molar-refractivity contribution in [3.05, 3.63) is 59.9 Å². The van der Waals surface area contributed by atoms with Crippen LogP contribution in [0.4, 0.5) is 15.8 Å². The molecule has 21 heavy (non-hydrogen) atoms. The van der Waals surface area contributed by atoms with E-state index >= 15 is 0 Å². The zero-order chi connectivity index (χ0) is 15.2. The largest absolute Gasteiger partial charge is 0.370 e. The summed E-state index contributed by atoms with van der Waals surface area (Å²) < 4.78 is 14.0. The molecule has 0 heterocycles. The van der Waals surface area contributed by atoms with E-state index in [-0.39, 0.29) is 12.2 Å². The van der Waals surface area contributed by atoms with Crippen molar-refractivity contribution in [1.29, 1.82) is 0 Å². The first-order valence-corrected chi connectivity index (χ1v) is 6.64. The molecule has 0 unspecified atom stereocenters. The summed E-state index contributed by atoms with van der Waals surface area (Å²) in [6, 6.07) is 14.6. The Bertz CT molecular complexity index is 616. The minimum atomic E-state index is -0.478. The molecule has 110 valence electrons. The zero-order valence-corrected chi connectivity index (χ0v) is 11.8. The molecular formula is C16H18FN3O. The fraction of sp³-hybridized carbons (Fsp3) is 0.188. The average molecular weight is 287 g/mol. The van der Waals surface area contributed by atoms with E-state index in [9.17, 15) is 9.18 Å². The minimum Gasteiger partial charge on any atom is -0.370 e. The molecule has 0 radical (unpaired) electrons. The molecule has 2 rings (SSSR count). The van der Waals surface area contributed by atoms with Crippen LogP contribution in [-0.2, 0) is 11.3 Å². The molecule has 2 aromatic carbocycles. The van der Waals surface area contributed by atoms with Crippen molar-refractivity contribution in [3.8, 4) is 0 Å². The monoisotopic (exact) mass is 287 g/mol. The first kappa shape index (κ1) is 15.0. The van der Waals surface area contributed by atoms with Crippen molar-refractivity contribution in [2.45, 2.75) is 6.54 Å². The van der Waals surface area contributed by atoms with Crippen LogP contribution < -0.4 is 16.0 Å². The van der Waals surface area contributed by atoms with E-state index in [4.69, 9.17) is 5.73 Å². The standard InChI is InChI=1S/C16H18FN3O/c1-20(11-12-5-3-2-4-6-12)13-7-8-15(14(17)9-13)19-16(21)10-18/h2-9H,10-11,18H2,1H3,(H,19,21). The summed E-state index contributed by atoms with van der Waals surface area (Å²) in [5, 5.41) is 2.42. The molecule has 4 nitrogen and oxygen atoms in total. The second kappa shape index (κ2) is 6.85. The highest BCUT2D eigenvalue weighted by molar-refractivity contribution is 5.92. The van der Waals surface area contributed by atoms with Crippen LogP contribution >= 0.6 is 0 Å². The lowest BCUT2D eigenvalue weighted by molar-refractivity contribution is -0.114. The number of nitrogens with two attached hydrogens (primary N) is 1. The van der Waals surface area contributed by atoms with E-state index in [0.717, 1.165) is 11.3 Å². The zero-order valence-electron chi connectivity index (χ0n) is 11.8. The predicted molar refractivity (Wildman–Crippen MR) is 82.6 cm³/mol. The van der Waals surface area contributed by atoms with Crippen LogP contribution in [0.25, 0.3) is 0 Å². The van der Waals surface area contributed by atoms with E-state index in [1.54, 1.807) is 12.1 Å². The number of carbonyl (C=O) groups excluding carboxylic acids is 1. The van der Waals surface area contributed by atoms with Gasteiger partial charge in [-0.1, -0.05) is 30.3 Å². The van der Waals surface area contributed by atoms with Gasteiger partial charge < -0.3 is 16.0 Å². The maximum atomic E-state index is 14.0. The van der Waals surface area contributed by atoms with Crippen LogP contribution in [0.15, 0.2) is 48.5 Å². The Balaban J connectivity index is 2.10. The van der Waals surface area contributed by atoms with Crippen LogP contribution in [0.5, 0.6) is 0 Å². The van der Waals surface area contributed by atoms with E-state index < -0.39 is 11.7 Å². The van der Waals surface area contributed by atoms with Gasteiger partial charge in [0.15, 0.2) is 0 Å². The molecule has 1 amide bonds. The summed E-state index contributed by atoms with van der Waals surface area (Å²) in [6.07, 6.45) is 0. The van der Waals surface area contributed by atoms with Crippen molar-refractivity contribution < 1.29 is 9.18 Å². The first-order valence-electron chi connectivity index (χ1n) is 6.64. The Morgan fingerprint density at radius 1 is 1.24 bits per heavy atom. The Morgan fingerprint density at radius 2 is 1.95 bits per heavy atom. The summed E-state index contributed by atoms with van der Waals surface area (Å²) in [4.78, 5) is 13.1. The normalized spacial score (nSPS) is 10.2. The number of hydrogen-bond donors (Lipinski definition) is 2. The molecule has 0 saturated heterocycles. The fourth-order valence-corrected chi connectivity index (χ4v) is 1.99. The maximum absolute atomic E-state index is 14.0. The van der Waals surface area contributed by atoms with Crippen LogP contribution in [0, 0.1) is 5.82 Å². The van der Waals surface area contributed by atoms with Crippen molar-refractivity contribution in [2.24, 2.45) is 5.73 Å². The summed E-state index contributed by atoms with van der Waals surface area (Å²) in [5.74, 6) is -0.895. The Kier molecular flexibility index (Phi) is 4.90. The molecular weight excluding hydrogens is 269 g/mol. The third-order valence-electron chi connectivity index (χ3n) is 3.12. The number of hydrogen-bond acceptors (Lipinski definition) is 3. The third kappa shape index (κ3) is 4.03. The van der Waals surface area contributed by atoms with Crippen LogP contribution in [-0.4, -0.2) is 19.5 Å². The van der Waals surface area contributed by atoms with Gasteiger partial charge in [0.1, 0.15) is 5.82 Å². The molecule has 0 saturated carbocycles. The van der Waals surface area contributed by atoms with E-state index in [2.05, 4.69) is 5.32 Å². The molecule has 0 fully saturated rings. The maximum Gasteiger partial charge on any atom is 0.238 e. The number of benzene rings is 2. The van der Waals surface area contributed by atoms with Gasteiger partial charge in [-0.15, -0.1) is 0 Å². The predicted octanol–water partition coefficient (Wildman–Crippen LogP) is 2.36. The van der Waals surface area contributed by atoms with Crippen molar-refractivity contribution in [3.63, 3.8) is 0 Å². The number of carbonyl (C=O) groups is 1. The molecule has 0 atom stereocenters. The Labute approximate surface area is 123 Å². The lowest BCUT2D eigenvalue weighted by Gasteiger charge is -2.20. The fourth-order valence-electron chi connectivity index (χ4n) is 1.99. The number of halogens is 1. The molecule has 2 aromatic rings. The second-order valence-corrected chi connectivity index (χ2v) is 4.76. The number of anilines is 2. The van der Waals surface area contributed by atoms with Gasteiger partial charge in [0.2, 0.25) is 5.91 Å².